The van der Waals surface area contributed by atoms with E-state index in [0.29, 0.717) is 37.1 Å². The molecule has 2 aromatic carbocycles. The molecule has 0 fully saturated rings. The van der Waals surface area contributed by atoms with E-state index in [4.69, 9.17) is 19.9 Å². The number of nitrogens with one attached hydrogen (secondary N) is 1. The van der Waals surface area contributed by atoms with Gasteiger partial charge in [-0.15, -0.1) is 12.4 Å². The Morgan fingerprint density at radius 1 is 1.05 bits per heavy atom. The zero-order valence-corrected chi connectivity index (χ0v) is 25.5. The molecule has 0 aliphatic carbocycles. The van der Waals surface area contributed by atoms with Crippen molar-refractivity contribution in [2.24, 2.45) is 17.6 Å². The number of halogens is 1. The van der Waals surface area contributed by atoms with Crippen LogP contribution in [0, 0.1) is 18.8 Å². The van der Waals surface area contributed by atoms with Crippen LogP contribution in [0.5, 0.6) is 11.5 Å². The van der Waals surface area contributed by atoms with E-state index in [0.717, 1.165) is 29.5 Å². The third kappa shape index (κ3) is 10.6. The maximum atomic E-state index is 13.0. The lowest BCUT2D eigenvalue weighted by Crippen LogP contribution is -2.48. The summed E-state index contributed by atoms with van der Waals surface area (Å²) in [5.74, 6) is 1.88. The molecule has 0 bridgehead atoms. The molecule has 8 heteroatoms. The van der Waals surface area contributed by atoms with Gasteiger partial charge in [0.1, 0.15) is 0 Å². The fourth-order valence-corrected chi connectivity index (χ4v) is 4.42. The molecule has 0 saturated carbocycles. The summed E-state index contributed by atoms with van der Waals surface area (Å²) in [5, 5.41) is 13.7. The fraction of sp³-hybridized carbons (Fsp3) is 0.581. The van der Waals surface area contributed by atoms with Gasteiger partial charge in [0, 0.05) is 32.7 Å². The summed E-state index contributed by atoms with van der Waals surface area (Å²) in [6.45, 7) is 11.4. The number of aliphatic hydroxyl groups excluding tert-OH is 1. The molecule has 7 nitrogen and oxygen atoms in total. The number of carbonyl (C=O) groups excluding carboxylic acids is 1. The number of hydrogen-bond donors (Lipinski definition) is 3. The van der Waals surface area contributed by atoms with Gasteiger partial charge >= 0.3 is 0 Å². The predicted molar refractivity (Wildman–Crippen MR) is 160 cm³/mol. The summed E-state index contributed by atoms with van der Waals surface area (Å²) in [4.78, 5) is 13.0. The summed E-state index contributed by atoms with van der Waals surface area (Å²) in [7, 11) is 3.31. The molecule has 2 rings (SSSR count). The topological polar surface area (TPSA) is 103 Å². The number of nitrogens with two attached hydrogens (primary N) is 1. The minimum absolute atomic E-state index is 0. The van der Waals surface area contributed by atoms with Crippen LogP contribution in [0.1, 0.15) is 57.2 Å². The molecule has 0 radical (unpaired) electrons. The molecule has 220 valence electrons. The summed E-state index contributed by atoms with van der Waals surface area (Å²) in [6, 6.07) is 13.5. The van der Waals surface area contributed by atoms with Crippen molar-refractivity contribution < 1.29 is 24.1 Å². The SMILES string of the molecule is COCCCOc1cc(C[C@@H](C[C@H](N)[C@@H](O)CNC(=O)C(C)(C)c2ccc(C)cc2)C(C)C)ccc1OC.Cl. The van der Waals surface area contributed by atoms with Crippen molar-refractivity contribution in [3.8, 4) is 11.5 Å². The molecule has 39 heavy (non-hydrogen) atoms. The van der Waals surface area contributed by atoms with Gasteiger partial charge < -0.3 is 30.4 Å². The van der Waals surface area contributed by atoms with E-state index in [2.05, 4.69) is 19.2 Å². The number of amides is 1. The van der Waals surface area contributed by atoms with Gasteiger partial charge in [0.05, 0.1) is 25.2 Å². The highest BCUT2D eigenvalue weighted by molar-refractivity contribution is 5.87. The van der Waals surface area contributed by atoms with Crippen molar-refractivity contribution in [1.29, 1.82) is 0 Å². The number of aryl methyl sites for hydroxylation is 1. The molecule has 2 aromatic rings. The first-order valence-corrected chi connectivity index (χ1v) is 13.6. The van der Waals surface area contributed by atoms with Crippen molar-refractivity contribution in [3.63, 3.8) is 0 Å². The minimum atomic E-state index is -0.843. The highest BCUT2D eigenvalue weighted by Gasteiger charge is 2.31. The van der Waals surface area contributed by atoms with Gasteiger partial charge in [-0.05, 0) is 68.7 Å². The zero-order chi connectivity index (χ0) is 28.3. The van der Waals surface area contributed by atoms with Crippen LogP contribution >= 0.6 is 12.4 Å². The molecule has 4 N–H and O–H groups in total. The van der Waals surface area contributed by atoms with Crippen LogP contribution in [0.2, 0.25) is 0 Å². The largest absolute Gasteiger partial charge is 0.493 e. The maximum absolute atomic E-state index is 13.0. The average Bonchev–Trinajstić information content (AvgIpc) is 2.89. The van der Waals surface area contributed by atoms with Crippen molar-refractivity contribution in [2.75, 3.05) is 34.0 Å². The molecule has 0 spiro atoms. The van der Waals surface area contributed by atoms with Gasteiger partial charge in [-0.1, -0.05) is 49.7 Å². The van der Waals surface area contributed by atoms with Gasteiger partial charge in [0.15, 0.2) is 11.5 Å². The molecule has 0 saturated heterocycles. The summed E-state index contributed by atoms with van der Waals surface area (Å²) >= 11 is 0. The molecule has 0 aliphatic heterocycles. The van der Waals surface area contributed by atoms with E-state index >= 15 is 0 Å². The first-order chi connectivity index (χ1) is 18.0. The molecule has 0 aromatic heterocycles. The van der Waals surface area contributed by atoms with E-state index in [9.17, 15) is 9.90 Å². The van der Waals surface area contributed by atoms with Crippen molar-refractivity contribution in [1.82, 2.24) is 5.32 Å². The van der Waals surface area contributed by atoms with Crippen molar-refractivity contribution in [2.45, 2.75) is 71.4 Å². The Balaban J connectivity index is 0.00000760. The van der Waals surface area contributed by atoms with Crippen LogP contribution in [0.3, 0.4) is 0 Å². The smallest absolute Gasteiger partial charge is 0.230 e. The monoisotopic (exact) mass is 564 g/mol. The lowest BCUT2D eigenvalue weighted by Gasteiger charge is -2.29. The van der Waals surface area contributed by atoms with Gasteiger partial charge in [-0.3, -0.25) is 4.79 Å². The minimum Gasteiger partial charge on any atom is -0.493 e. The molecular weight excluding hydrogens is 516 g/mol. The quantitative estimate of drug-likeness (QED) is 0.252. The van der Waals surface area contributed by atoms with E-state index in [1.165, 1.54) is 0 Å². The second-order valence-corrected chi connectivity index (χ2v) is 11.1. The Morgan fingerprint density at radius 2 is 1.72 bits per heavy atom. The average molecular weight is 565 g/mol. The summed E-state index contributed by atoms with van der Waals surface area (Å²) in [6.07, 6.45) is 1.38. The number of rotatable bonds is 16. The maximum Gasteiger partial charge on any atom is 0.230 e. The van der Waals surface area contributed by atoms with Crippen molar-refractivity contribution in [3.05, 3.63) is 59.2 Å². The Labute approximate surface area is 241 Å². The first-order valence-electron chi connectivity index (χ1n) is 13.6. The van der Waals surface area contributed by atoms with Crippen LogP contribution in [-0.4, -0.2) is 57.1 Å². The normalized spacial score (nSPS) is 13.8. The van der Waals surface area contributed by atoms with Crippen LogP contribution < -0.4 is 20.5 Å². The van der Waals surface area contributed by atoms with Crippen molar-refractivity contribution >= 4 is 18.3 Å². The first kappa shape index (κ1) is 34.7. The Bertz CT molecular complexity index is 997. The third-order valence-corrected chi connectivity index (χ3v) is 7.30. The van der Waals surface area contributed by atoms with Gasteiger partial charge in [0.2, 0.25) is 5.91 Å². The van der Waals surface area contributed by atoms with Gasteiger partial charge in [-0.2, -0.15) is 0 Å². The van der Waals surface area contributed by atoms with E-state index < -0.39 is 17.6 Å². The van der Waals surface area contributed by atoms with E-state index in [1.54, 1.807) is 14.2 Å². The number of aliphatic hydroxyl groups is 1. The highest BCUT2D eigenvalue weighted by atomic mass is 35.5. The van der Waals surface area contributed by atoms with E-state index in [1.807, 2.05) is 63.2 Å². The Kier molecular flexibility index (Phi) is 14.9. The lowest BCUT2D eigenvalue weighted by molar-refractivity contribution is -0.126. The zero-order valence-electron chi connectivity index (χ0n) is 24.7. The van der Waals surface area contributed by atoms with Gasteiger partial charge in [0.25, 0.3) is 0 Å². The fourth-order valence-electron chi connectivity index (χ4n) is 4.42. The van der Waals surface area contributed by atoms with Crippen LogP contribution in [0.15, 0.2) is 42.5 Å². The number of methoxy groups -OCH3 is 2. The van der Waals surface area contributed by atoms with E-state index in [-0.39, 0.29) is 30.8 Å². The molecule has 0 heterocycles. The number of benzene rings is 2. The third-order valence-electron chi connectivity index (χ3n) is 7.30. The Hall–Kier alpha value is -2.32. The lowest BCUT2D eigenvalue weighted by atomic mass is 9.82. The number of hydrogen-bond acceptors (Lipinski definition) is 6. The summed E-state index contributed by atoms with van der Waals surface area (Å²) < 4.78 is 16.5. The van der Waals surface area contributed by atoms with Crippen LogP contribution in [-0.2, 0) is 21.4 Å². The van der Waals surface area contributed by atoms with Crippen LogP contribution in [0.25, 0.3) is 0 Å². The molecule has 0 aliphatic rings. The standard InChI is InChI=1S/C31H48N2O5.ClH/c1-21(2)24(17-23-11-14-28(37-7)29(18-23)38-16-8-15-36-6)19-26(32)27(34)20-33-30(35)31(4,5)25-12-9-22(3)10-13-25;/h9-14,18,21,24,26-27,34H,8,15-17,19-20,32H2,1-7H3,(H,33,35);1H/t24-,26-,27-;/m0./s1. The second kappa shape index (κ2) is 16.7. The van der Waals surface area contributed by atoms with Gasteiger partial charge in [-0.25, -0.2) is 0 Å². The highest BCUT2D eigenvalue weighted by Crippen LogP contribution is 2.31. The molecule has 0 unspecified atom stereocenters. The summed E-state index contributed by atoms with van der Waals surface area (Å²) in [5.41, 5.74) is 8.93. The Morgan fingerprint density at radius 3 is 2.31 bits per heavy atom. The molecular formula is C31H49ClN2O5. The number of ether oxygens (including phenoxy) is 3. The predicted octanol–water partition coefficient (Wildman–Crippen LogP) is 4.83. The van der Waals surface area contributed by atoms with Crippen LogP contribution in [0.4, 0.5) is 0 Å². The second-order valence-electron chi connectivity index (χ2n) is 11.1. The number of carbonyl (C=O) groups is 1. The molecule has 3 atom stereocenters. The molecule has 1 amide bonds.